The molecule has 8 heteroatoms. The molecule has 1 unspecified atom stereocenters. The molecular formula is C17H19F3N2O3. The molecule has 1 aromatic rings. The quantitative estimate of drug-likeness (QED) is 0.668. The zero-order valence-corrected chi connectivity index (χ0v) is 14.3. The first-order chi connectivity index (χ1) is 11.6. The van der Waals surface area contributed by atoms with Crippen molar-refractivity contribution in [2.75, 3.05) is 13.7 Å². The number of hydrogen-bond donors (Lipinski definition) is 1. The van der Waals surface area contributed by atoms with Crippen molar-refractivity contribution in [2.24, 2.45) is 0 Å². The lowest BCUT2D eigenvalue weighted by Crippen LogP contribution is -2.67. The molecule has 1 aromatic carbocycles. The maximum atomic E-state index is 14.1. The zero-order valence-electron chi connectivity index (χ0n) is 14.3. The third-order valence-corrected chi connectivity index (χ3v) is 4.25. The maximum Gasteiger partial charge on any atom is 0.435 e. The van der Waals surface area contributed by atoms with Crippen molar-refractivity contribution < 1.29 is 27.5 Å². The molecule has 2 rings (SSSR count). The van der Waals surface area contributed by atoms with Crippen molar-refractivity contribution >= 4 is 11.9 Å². The number of aryl methyl sites for hydroxylation is 1. The Morgan fingerprint density at radius 3 is 2.28 bits per heavy atom. The van der Waals surface area contributed by atoms with Crippen LogP contribution in [0, 0.1) is 6.92 Å². The van der Waals surface area contributed by atoms with Crippen molar-refractivity contribution in [1.82, 2.24) is 10.2 Å². The molecule has 1 amide bonds. The minimum absolute atomic E-state index is 0.00891. The fraction of sp³-hybridized carbons (Fsp3) is 0.412. The van der Waals surface area contributed by atoms with Crippen LogP contribution in [0.25, 0.3) is 0 Å². The highest BCUT2D eigenvalue weighted by Gasteiger charge is 2.63. The number of esters is 1. The van der Waals surface area contributed by atoms with Crippen molar-refractivity contribution in [3.63, 3.8) is 0 Å². The predicted molar refractivity (Wildman–Crippen MR) is 84.2 cm³/mol. The van der Waals surface area contributed by atoms with E-state index < -0.39 is 29.3 Å². The molecule has 5 nitrogen and oxygen atoms in total. The molecule has 1 aliphatic rings. The van der Waals surface area contributed by atoms with Crippen molar-refractivity contribution in [1.29, 1.82) is 0 Å². The monoisotopic (exact) mass is 356 g/mol. The van der Waals surface area contributed by atoms with Gasteiger partial charge in [0.15, 0.2) is 0 Å². The van der Waals surface area contributed by atoms with Crippen LogP contribution in [0.15, 0.2) is 35.5 Å². The van der Waals surface area contributed by atoms with Crippen LogP contribution in [0.1, 0.15) is 25.0 Å². The molecule has 1 atom stereocenters. The second kappa shape index (κ2) is 6.42. The van der Waals surface area contributed by atoms with Crippen LogP contribution in [0.4, 0.5) is 13.2 Å². The third kappa shape index (κ3) is 2.96. The van der Waals surface area contributed by atoms with Crippen LogP contribution in [-0.2, 0) is 20.0 Å². The highest BCUT2D eigenvalue weighted by molar-refractivity contribution is 6.17. The van der Waals surface area contributed by atoms with E-state index in [2.05, 4.69) is 0 Å². The normalized spacial score (nSPS) is 21.2. The van der Waals surface area contributed by atoms with Gasteiger partial charge in [-0.05, 0) is 20.8 Å². The summed E-state index contributed by atoms with van der Waals surface area (Å²) in [4.78, 5) is 25.2. The molecule has 0 bridgehead atoms. The molecule has 136 valence electrons. The van der Waals surface area contributed by atoms with Crippen molar-refractivity contribution in [3.05, 3.63) is 46.7 Å². The lowest BCUT2D eigenvalue weighted by Gasteiger charge is -2.48. The molecule has 1 aliphatic heterocycles. The number of nitrogens with zero attached hydrogens (tertiary/aromatic N) is 1. The molecule has 1 N–H and O–H groups in total. The summed E-state index contributed by atoms with van der Waals surface area (Å²) in [6.45, 7) is 4.59. The number of carbonyl (C=O) groups excluding carboxylic acids is 2. The molecule has 0 saturated carbocycles. The SMILES string of the molecule is CCOC(=O)C1=C(C)N(C)C(c2ccc(C)cc2)(C(F)(F)F)NC1=O. The van der Waals surface area contributed by atoms with Gasteiger partial charge in [-0.15, -0.1) is 0 Å². The number of halogens is 3. The Labute approximate surface area is 143 Å². The van der Waals surface area contributed by atoms with Crippen LogP contribution < -0.4 is 5.32 Å². The summed E-state index contributed by atoms with van der Waals surface area (Å²) in [6, 6.07) is 5.68. The molecular weight excluding hydrogens is 337 g/mol. The molecule has 0 radical (unpaired) electrons. The minimum atomic E-state index is -4.83. The van der Waals surface area contributed by atoms with Gasteiger partial charge in [0.1, 0.15) is 5.57 Å². The van der Waals surface area contributed by atoms with Gasteiger partial charge in [0.05, 0.1) is 6.61 Å². The summed E-state index contributed by atoms with van der Waals surface area (Å²) >= 11 is 0. The Kier molecular flexibility index (Phi) is 4.83. The highest BCUT2D eigenvalue weighted by atomic mass is 19.4. The first-order valence-electron chi connectivity index (χ1n) is 7.64. The van der Waals surface area contributed by atoms with Crippen molar-refractivity contribution in [2.45, 2.75) is 32.6 Å². The molecule has 25 heavy (non-hydrogen) atoms. The number of amides is 1. The number of hydrogen-bond acceptors (Lipinski definition) is 4. The van der Waals surface area contributed by atoms with E-state index in [-0.39, 0.29) is 17.9 Å². The number of nitrogens with one attached hydrogen (secondary N) is 1. The van der Waals surface area contributed by atoms with E-state index in [9.17, 15) is 22.8 Å². The van der Waals surface area contributed by atoms with Crippen LogP contribution in [0.2, 0.25) is 0 Å². The van der Waals surface area contributed by atoms with Gasteiger partial charge in [-0.2, -0.15) is 13.2 Å². The zero-order chi connectivity index (χ0) is 19.0. The second-order valence-corrected chi connectivity index (χ2v) is 5.77. The summed E-state index contributed by atoms with van der Waals surface area (Å²) in [5, 5.41) is 1.98. The Morgan fingerprint density at radius 1 is 1.24 bits per heavy atom. The fourth-order valence-electron chi connectivity index (χ4n) is 2.82. The van der Waals surface area contributed by atoms with Gasteiger partial charge >= 0.3 is 12.1 Å². The number of carbonyl (C=O) groups is 2. The predicted octanol–water partition coefficient (Wildman–Crippen LogP) is 2.61. The number of alkyl halides is 3. The van der Waals surface area contributed by atoms with E-state index in [1.54, 1.807) is 13.8 Å². The lowest BCUT2D eigenvalue weighted by molar-refractivity contribution is -0.242. The fourth-order valence-corrected chi connectivity index (χ4v) is 2.82. The van der Waals surface area contributed by atoms with E-state index in [1.807, 2.05) is 5.32 Å². The maximum absolute atomic E-state index is 14.1. The van der Waals surface area contributed by atoms with Crippen molar-refractivity contribution in [3.8, 4) is 0 Å². The molecule has 0 spiro atoms. The van der Waals surface area contributed by atoms with Gasteiger partial charge in [-0.25, -0.2) is 4.79 Å². The summed E-state index contributed by atoms with van der Waals surface area (Å²) < 4.78 is 47.0. The third-order valence-electron chi connectivity index (χ3n) is 4.25. The average Bonchev–Trinajstić information content (AvgIpc) is 2.51. The van der Waals surface area contributed by atoms with Gasteiger partial charge in [-0.1, -0.05) is 29.8 Å². The van der Waals surface area contributed by atoms with Crippen LogP contribution in [0.5, 0.6) is 0 Å². The van der Waals surface area contributed by atoms with Gasteiger partial charge in [0, 0.05) is 18.3 Å². The van der Waals surface area contributed by atoms with Gasteiger partial charge in [-0.3, -0.25) is 4.79 Å². The first-order valence-corrected chi connectivity index (χ1v) is 7.64. The van der Waals surface area contributed by atoms with E-state index in [0.29, 0.717) is 0 Å². The molecule has 0 aliphatic carbocycles. The molecule has 1 heterocycles. The summed E-state index contributed by atoms with van der Waals surface area (Å²) in [7, 11) is 1.18. The van der Waals surface area contributed by atoms with Crippen LogP contribution in [-0.4, -0.2) is 36.6 Å². The van der Waals surface area contributed by atoms with Gasteiger partial charge < -0.3 is 15.0 Å². The second-order valence-electron chi connectivity index (χ2n) is 5.77. The Morgan fingerprint density at radius 2 is 1.80 bits per heavy atom. The highest BCUT2D eigenvalue weighted by Crippen LogP contribution is 2.45. The van der Waals surface area contributed by atoms with E-state index in [1.165, 1.54) is 38.2 Å². The average molecular weight is 356 g/mol. The lowest BCUT2D eigenvalue weighted by atomic mass is 9.91. The van der Waals surface area contributed by atoms with E-state index in [0.717, 1.165) is 10.5 Å². The Balaban J connectivity index is 2.67. The van der Waals surface area contributed by atoms with E-state index in [4.69, 9.17) is 4.74 Å². The number of ether oxygens (including phenoxy) is 1. The van der Waals surface area contributed by atoms with Gasteiger partial charge in [0.2, 0.25) is 5.66 Å². The smallest absolute Gasteiger partial charge is 0.435 e. The molecule has 0 fully saturated rings. The summed E-state index contributed by atoms with van der Waals surface area (Å²) in [5.74, 6) is -2.07. The standard InChI is InChI=1S/C17H19F3N2O3/c1-5-25-15(24)13-11(3)22(4)16(17(18,19)20,21-14(13)23)12-8-6-10(2)7-9-12/h6-9H,5H2,1-4H3,(H,21,23). The number of benzene rings is 1. The Hall–Kier alpha value is -2.51. The minimum Gasteiger partial charge on any atom is -0.462 e. The van der Waals surface area contributed by atoms with Gasteiger partial charge in [0.25, 0.3) is 5.91 Å². The van der Waals surface area contributed by atoms with Crippen LogP contribution in [0.3, 0.4) is 0 Å². The topological polar surface area (TPSA) is 58.6 Å². The van der Waals surface area contributed by atoms with Crippen LogP contribution >= 0.6 is 0 Å². The molecule has 0 saturated heterocycles. The first kappa shape index (κ1) is 18.8. The van der Waals surface area contributed by atoms with E-state index >= 15 is 0 Å². The largest absolute Gasteiger partial charge is 0.462 e. The number of allylic oxidation sites excluding steroid dienone is 1. The Bertz CT molecular complexity index is 726. The molecule has 0 aromatic heterocycles. The number of rotatable bonds is 3. The summed E-state index contributed by atoms with van der Waals surface area (Å²) in [5.41, 5.74) is -2.68. The summed E-state index contributed by atoms with van der Waals surface area (Å²) in [6.07, 6.45) is -4.83.